The molecule has 0 aromatic heterocycles. The highest BCUT2D eigenvalue weighted by atomic mass is 16.5. The van der Waals surface area contributed by atoms with Crippen molar-refractivity contribution in [3.8, 4) is 0 Å². The summed E-state index contributed by atoms with van der Waals surface area (Å²) in [6.45, 7) is 3.02. The van der Waals surface area contributed by atoms with E-state index in [-0.39, 0.29) is 12.1 Å². The minimum absolute atomic E-state index is 0.198. The van der Waals surface area contributed by atoms with Crippen molar-refractivity contribution in [3.05, 3.63) is 0 Å². The predicted molar refractivity (Wildman–Crippen MR) is 79.4 cm³/mol. The van der Waals surface area contributed by atoms with Gasteiger partial charge in [0.25, 0.3) is 0 Å². The van der Waals surface area contributed by atoms with Crippen molar-refractivity contribution in [1.29, 1.82) is 0 Å². The standard InChI is InChI=1S/C16H33NO2/c1-2-3-4-5-6-7-8-9-12-16(18)14-15-11-10-13-17(15)19/h15-16,18-19H,2-14H2,1H3. The van der Waals surface area contributed by atoms with Gasteiger partial charge in [0, 0.05) is 12.6 Å². The van der Waals surface area contributed by atoms with Gasteiger partial charge in [-0.2, -0.15) is 5.06 Å². The van der Waals surface area contributed by atoms with Gasteiger partial charge in [-0.05, 0) is 25.7 Å². The third-order valence-corrected chi connectivity index (χ3v) is 4.28. The fourth-order valence-corrected chi connectivity index (χ4v) is 3.01. The number of hydrogen-bond donors (Lipinski definition) is 2. The maximum atomic E-state index is 9.96. The summed E-state index contributed by atoms with van der Waals surface area (Å²) in [5.41, 5.74) is 0. The molecule has 1 aliphatic rings. The Morgan fingerprint density at radius 2 is 1.68 bits per heavy atom. The quantitative estimate of drug-likeness (QED) is 0.555. The molecule has 1 rings (SSSR count). The molecule has 3 heteroatoms. The maximum Gasteiger partial charge on any atom is 0.0556 e. The van der Waals surface area contributed by atoms with Crippen LogP contribution in [0.1, 0.15) is 84.0 Å². The number of hydrogen-bond acceptors (Lipinski definition) is 3. The topological polar surface area (TPSA) is 43.7 Å². The van der Waals surface area contributed by atoms with Crippen LogP contribution in [0.2, 0.25) is 0 Å². The summed E-state index contributed by atoms with van der Waals surface area (Å²) in [5.74, 6) is 0. The van der Waals surface area contributed by atoms with E-state index in [1.165, 1.54) is 50.0 Å². The molecule has 19 heavy (non-hydrogen) atoms. The van der Waals surface area contributed by atoms with Gasteiger partial charge < -0.3 is 10.3 Å². The number of rotatable bonds is 11. The molecule has 2 atom stereocenters. The van der Waals surface area contributed by atoms with Crippen LogP contribution >= 0.6 is 0 Å². The van der Waals surface area contributed by atoms with E-state index in [9.17, 15) is 10.3 Å². The van der Waals surface area contributed by atoms with Crippen LogP contribution in [0.5, 0.6) is 0 Å². The Kier molecular flexibility index (Phi) is 9.48. The first-order chi connectivity index (χ1) is 9.24. The first-order valence-electron chi connectivity index (χ1n) is 8.37. The molecule has 0 bridgehead atoms. The molecule has 1 heterocycles. The normalized spacial score (nSPS) is 21.9. The second-order valence-corrected chi connectivity index (χ2v) is 6.11. The van der Waals surface area contributed by atoms with Crippen LogP contribution in [-0.2, 0) is 0 Å². The fraction of sp³-hybridized carbons (Fsp3) is 1.00. The van der Waals surface area contributed by atoms with Crippen LogP contribution in [0.4, 0.5) is 0 Å². The molecular formula is C16H33NO2. The van der Waals surface area contributed by atoms with E-state index in [0.29, 0.717) is 0 Å². The molecule has 0 aromatic carbocycles. The Morgan fingerprint density at radius 1 is 1.05 bits per heavy atom. The van der Waals surface area contributed by atoms with Crippen molar-refractivity contribution in [3.63, 3.8) is 0 Å². The van der Waals surface area contributed by atoms with Crippen LogP contribution in [0, 0.1) is 0 Å². The highest BCUT2D eigenvalue weighted by Crippen LogP contribution is 2.21. The molecule has 1 saturated heterocycles. The van der Waals surface area contributed by atoms with E-state index in [4.69, 9.17) is 0 Å². The van der Waals surface area contributed by atoms with Crippen LogP contribution in [0.3, 0.4) is 0 Å². The summed E-state index contributed by atoms with van der Waals surface area (Å²) in [5, 5.41) is 20.9. The molecule has 2 N–H and O–H groups in total. The van der Waals surface area contributed by atoms with Crippen LogP contribution in [-0.4, -0.2) is 34.1 Å². The van der Waals surface area contributed by atoms with Crippen molar-refractivity contribution >= 4 is 0 Å². The third-order valence-electron chi connectivity index (χ3n) is 4.28. The Labute approximate surface area is 119 Å². The largest absolute Gasteiger partial charge is 0.393 e. The third kappa shape index (κ3) is 7.91. The van der Waals surface area contributed by atoms with Gasteiger partial charge in [0.1, 0.15) is 0 Å². The van der Waals surface area contributed by atoms with E-state index < -0.39 is 0 Å². The van der Waals surface area contributed by atoms with E-state index in [2.05, 4.69) is 6.92 Å². The Balaban J connectivity index is 1.88. The van der Waals surface area contributed by atoms with Crippen molar-refractivity contribution in [1.82, 2.24) is 5.06 Å². The maximum absolute atomic E-state index is 9.96. The predicted octanol–water partition coefficient (Wildman–Crippen LogP) is 4.12. The van der Waals surface area contributed by atoms with Gasteiger partial charge in [0.05, 0.1) is 6.10 Å². The van der Waals surface area contributed by atoms with Crippen LogP contribution < -0.4 is 0 Å². The highest BCUT2D eigenvalue weighted by Gasteiger charge is 2.24. The number of unbranched alkanes of at least 4 members (excludes halogenated alkanes) is 7. The molecule has 0 radical (unpaired) electrons. The summed E-state index contributed by atoms with van der Waals surface area (Å²) in [7, 11) is 0. The number of aliphatic hydroxyl groups is 1. The van der Waals surface area contributed by atoms with E-state index in [1.54, 1.807) is 0 Å². The summed E-state index contributed by atoms with van der Waals surface area (Å²) in [6.07, 6.45) is 14.0. The minimum Gasteiger partial charge on any atom is -0.393 e. The van der Waals surface area contributed by atoms with E-state index in [0.717, 1.165) is 38.6 Å². The molecule has 2 unspecified atom stereocenters. The minimum atomic E-state index is -0.224. The lowest BCUT2D eigenvalue weighted by atomic mass is 10.0. The van der Waals surface area contributed by atoms with Gasteiger partial charge >= 0.3 is 0 Å². The monoisotopic (exact) mass is 271 g/mol. The highest BCUT2D eigenvalue weighted by molar-refractivity contribution is 4.76. The van der Waals surface area contributed by atoms with Gasteiger partial charge in [0.15, 0.2) is 0 Å². The fourth-order valence-electron chi connectivity index (χ4n) is 3.01. The van der Waals surface area contributed by atoms with Crippen molar-refractivity contribution in [2.45, 2.75) is 96.1 Å². The SMILES string of the molecule is CCCCCCCCCCC(O)CC1CCCN1O. The molecule has 0 amide bonds. The molecule has 0 aliphatic carbocycles. The second-order valence-electron chi connectivity index (χ2n) is 6.11. The zero-order chi connectivity index (χ0) is 13.9. The van der Waals surface area contributed by atoms with Gasteiger partial charge in [0.2, 0.25) is 0 Å². The average molecular weight is 271 g/mol. The van der Waals surface area contributed by atoms with Gasteiger partial charge in [-0.25, -0.2) is 0 Å². The van der Waals surface area contributed by atoms with Crippen molar-refractivity contribution < 1.29 is 10.3 Å². The number of hydroxylamine groups is 2. The summed E-state index contributed by atoms with van der Waals surface area (Å²) in [6, 6.07) is 0.198. The summed E-state index contributed by atoms with van der Waals surface area (Å²) < 4.78 is 0. The Hall–Kier alpha value is -0.120. The van der Waals surface area contributed by atoms with Crippen LogP contribution in [0.25, 0.3) is 0 Å². The van der Waals surface area contributed by atoms with Crippen molar-refractivity contribution in [2.24, 2.45) is 0 Å². The number of aliphatic hydroxyl groups excluding tert-OH is 1. The molecule has 1 aliphatic heterocycles. The van der Waals surface area contributed by atoms with Crippen LogP contribution in [0.15, 0.2) is 0 Å². The average Bonchev–Trinajstić information content (AvgIpc) is 2.78. The van der Waals surface area contributed by atoms with Gasteiger partial charge in [-0.15, -0.1) is 0 Å². The molecular weight excluding hydrogens is 238 g/mol. The lowest BCUT2D eigenvalue weighted by molar-refractivity contribution is -0.111. The smallest absolute Gasteiger partial charge is 0.0556 e. The summed E-state index contributed by atoms with van der Waals surface area (Å²) in [4.78, 5) is 0. The Bertz CT molecular complexity index is 211. The van der Waals surface area contributed by atoms with E-state index in [1.807, 2.05) is 0 Å². The van der Waals surface area contributed by atoms with Crippen molar-refractivity contribution in [2.75, 3.05) is 6.54 Å². The zero-order valence-electron chi connectivity index (χ0n) is 12.7. The number of nitrogens with zero attached hydrogens (tertiary/aromatic N) is 1. The molecule has 0 saturated carbocycles. The first kappa shape index (κ1) is 16.9. The second kappa shape index (κ2) is 10.6. The lowest BCUT2D eigenvalue weighted by Gasteiger charge is -2.20. The molecule has 1 fully saturated rings. The first-order valence-corrected chi connectivity index (χ1v) is 8.37. The van der Waals surface area contributed by atoms with Gasteiger partial charge in [-0.3, -0.25) is 0 Å². The Morgan fingerprint density at radius 3 is 2.26 bits per heavy atom. The molecule has 0 aromatic rings. The molecule has 114 valence electrons. The summed E-state index contributed by atoms with van der Waals surface area (Å²) >= 11 is 0. The molecule has 0 spiro atoms. The molecule has 3 nitrogen and oxygen atoms in total. The van der Waals surface area contributed by atoms with Gasteiger partial charge in [-0.1, -0.05) is 58.3 Å². The van der Waals surface area contributed by atoms with E-state index >= 15 is 0 Å². The zero-order valence-corrected chi connectivity index (χ0v) is 12.7. The lowest BCUT2D eigenvalue weighted by Crippen LogP contribution is -2.29.